The third kappa shape index (κ3) is 3.39. The van der Waals surface area contributed by atoms with Gasteiger partial charge in [-0.2, -0.15) is 10.1 Å². The number of carbonyl (C=O) groups excluding carboxylic acids is 1. The standard InChI is InChI=1S/C16H18N4O3/c1-16(2,3)15-17-13(23-20-15)9-22-14(21)8-12-10-6-4-5-7-11(10)18-19-12/h4-7H,8-9H2,1-3H3,(H,18,19). The van der Waals surface area contributed by atoms with Crippen LogP contribution in [-0.4, -0.2) is 26.3 Å². The second kappa shape index (κ2) is 5.83. The van der Waals surface area contributed by atoms with E-state index in [9.17, 15) is 4.79 Å². The topological polar surface area (TPSA) is 93.9 Å². The molecule has 0 amide bonds. The predicted octanol–water partition coefficient (Wildman–Crippen LogP) is 2.53. The van der Waals surface area contributed by atoms with Gasteiger partial charge < -0.3 is 9.26 Å². The van der Waals surface area contributed by atoms with Crippen LogP contribution in [0.5, 0.6) is 0 Å². The first-order valence-electron chi connectivity index (χ1n) is 7.34. The fourth-order valence-corrected chi connectivity index (χ4v) is 2.10. The second-order valence-corrected chi connectivity index (χ2v) is 6.32. The lowest BCUT2D eigenvalue weighted by Gasteiger charge is -2.10. The zero-order valence-corrected chi connectivity index (χ0v) is 13.3. The Hall–Kier alpha value is -2.70. The molecule has 0 aliphatic carbocycles. The summed E-state index contributed by atoms with van der Waals surface area (Å²) in [5, 5.41) is 11.8. The van der Waals surface area contributed by atoms with Gasteiger partial charge in [0.1, 0.15) is 0 Å². The molecular weight excluding hydrogens is 296 g/mol. The lowest BCUT2D eigenvalue weighted by Crippen LogP contribution is -2.13. The molecule has 3 rings (SSSR count). The number of H-pyrrole nitrogens is 1. The third-order valence-corrected chi connectivity index (χ3v) is 3.36. The molecule has 7 nitrogen and oxygen atoms in total. The van der Waals surface area contributed by atoms with E-state index in [2.05, 4.69) is 20.3 Å². The number of fused-ring (bicyclic) bond motifs is 1. The van der Waals surface area contributed by atoms with Gasteiger partial charge in [0.15, 0.2) is 12.4 Å². The van der Waals surface area contributed by atoms with Gasteiger partial charge in [-0.1, -0.05) is 44.1 Å². The predicted molar refractivity (Wildman–Crippen MR) is 82.6 cm³/mol. The maximum absolute atomic E-state index is 12.0. The van der Waals surface area contributed by atoms with E-state index >= 15 is 0 Å². The Morgan fingerprint density at radius 2 is 2.09 bits per heavy atom. The number of hydrogen-bond acceptors (Lipinski definition) is 6. The number of benzene rings is 1. The average molecular weight is 314 g/mol. The largest absolute Gasteiger partial charge is 0.455 e. The maximum atomic E-state index is 12.0. The van der Waals surface area contributed by atoms with E-state index in [4.69, 9.17) is 9.26 Å². The minimum absolute atomic E-state index is 0.0337. The number of hydrogen-bond donors (Lipinski definition) is 1. The normalized spacial score (nSPS) is 11.8. The average Bonchev–Trinajstić information content (AvgIpc) is 3.12. The van der Waals surface area contributed by atoms with Crippen molar-refractivity contribution in [2.75, 3.05) is 0 Å². The summed E-state index contributed by atoms with van der Waals surface area (Å²) < 4.78 is 10.3. The summed E-state index contributed by atoms with van der Waals surface area (Å²) in [6.07, 6.45) is 0.112. The molecule has 23 heavy (non-hydrogen) atoms. The molecule has 1 N–H and O–H groups in total. The van der Waals surface area contributed by atoms with Crippen molar-refractivity contribution >= 4 is 16.9 Å². The molecule has 120 valence electrons. The summed E-state index contributed by atoms with van der Waals surface area (Å²) in [6.45, 7) is 5.92. The second-order valence-electron chi connectivity index (χ2n) is 6.32. The molecule has 2 heterocycles. The highest BCUT2D eigenvalue weighted by atomic mass is 16.6. The van der Waals surface area contributed by atoms with Crippen LogP contribution < -0.4 is 0 Å². The Morgan fingerprint density at radius 3 is 2.83 bits per heavy atom. The van der Waals surface area contributed by atoms with Crippen LogP contribution in [0.4, 0.5) is 0 Å². The molecule has 0 fully saturated rings. The van der Waals surface area contributed by atoms with E-state index in [0.717, 1.165) is 16.6 Å². The van der Waals surface area contributed by atoms with Crippen molar-refractivity contribution in [2.45, 2.75) is 39.2 Å². The van der Waals surface area contributed by atoms with Gasteiger partial charge in [0.25, 0.3) is 5.89 Å². The van der Waals surface area contributed by atoms with Gasteiger partial charge in [-0.3, -0.25) is 9.89 Å². The molecular formula is C16H18N4O3. The minimum Gasteiger partial charge on any atom is -0.455 e. The fourth-order valence-electron chi connectivity index (χ4n) is 2.10. The van der Waals surface area contributed by atoms with Gasteiger partial charge in [-0.15, -0.1) is 0 Å². The Labute approximate surface area is 133 Å². The Balaban J connectivity index is 1.61. The van der Waals surface area contributed by atoms with Crippen molar-refractivity contribution in [3.05, 3.63) is 41.7 Å². The van der Waals surface area contributed by atoms with Crippen LogP contribution in [0.1, 0.15) is 38.2 Å². The van der Waals surface area contributed by atoms with Crippen molar-refractivity contribution in [2.24, 2.45) is 0 Å². The fraction of sp³-hybridized carbons (Fsp3) is 0.375. The molecule has 1 aromatic carbocycles. The quantitative estimate of drug-likeness (QED) is 0.744. The van der Waals surface area contributed by atoms with E-state index in [1.54, 1.807) is 0 Å². The molecule has 2 aromatic heterocycles. The molecule has 3 aromatic rings. The monoisotopic (exact) mass is 314 g/mol. The van der Waals surface area contributed by atoms with Crippen LogP contribution in [0.25, 0.3) is 10.9 Å². The summed E-state index contributed by atoms with van der Waals surface area (Å²) in [4.78, 5) is 16.2. The Morgan fingerprint density at radius 1 is 1.30 bits per heavy atom. The van der Waals surface area contributed by atoms with E-state index in [1.165, 1.54) is 0 Å². The van der Waals surface area contributed by atoms with Gasteiger partial charge in [-0.05, 0) is 6.07 Å². The van der Waals surface area contributed by atoms with Crippen LogP contribution in [0.15, 0.2) is 28.8 Å². The minimum atomic E-state index is -0.380. The van der Waals surface area contributed by atoms with E-state index < -0.39 is 0 Å². The number of aromatic amines is 1. The maximum Gasteiger partial charge on any atom is 0.312 e. The van der Waals surface area contributed by atoms with Crippen molar-refractivity contribution in [1.82, 2.24) is 20.3 Å². The van der Waals surface area contributed by atoms with E-state index in [1.807, 2.05) is 45.0 Å². The lowest BCUT2D eigenvalue weighted by molar-refractivity contribution is -0.144. The molecule has 0 bridgehead atoms. The number of nitrogens with one attached hydrogen (secondary N) is 1. The van der Waals surface area contributed by atoms with Crippen LogP contribution in [0.2, 0.25) is 0 Å². The molecule has 0 radical (unpaired) electrons. The molecule has 0 saturated carbocycles. The number of esters is 1. The number of para-hydroxylation sites is 1. The van der Waals surface area contributed by atoms with Crippen LogP contribution in [0, 0.1) is 0 Å². The van der Waals surface area contributed by atoms with Crippen LogP contribution in [-0.2, 0) is 28.0 Å². The molecule has 0 aliphatic heterocycles. The zero-order chi connectivity index (χ0) is 16.4. The summed E-state index contributed by atoms with van der Waals surface area (Å²) in [7, 11) is 0. The zero-order valence-electron chi connectivity index (χ0n) is 13.3. The highest BCUT2D eigenvalue weighted by Crippen LogP contribution is 2.19. The first kappa shape index (κ1) is 15.2. The van der Waals surface area contributed by atoms with Crippen LogP contribution >= 0.6 is 0 Å². The number of aromatic nitrogens is 4. The highest BCUT2D eigenvalue weighted by molar-refractivity contribution is 5.85. The van der Waals surface area contributed by atoms with Gasteiger partial charge in [0, 0.05) is 10.8 Å². The van der Waals surface area contributed by atoms with Crippen molar-refractivity contribution < 1.29 is 14.1 Å². The van der Waals surface area contributed by atoms with Crippen molar-refractivity contribution in [1.29, 1.82) is 0 Å². The summed E-state index contributed by atoms with van der Waals surface area (Å²) >= 11 is 0. The molecule has 7 heteroatoms. The third-order valence-electron chi connectivity index (χ3n) is 3.36. The SMILES string of the molecule is CC(C)(C)c1noc(COC(=O)Cc2[nH]nc3ccccc23)n1. The molecule has 0 unspecified atom stereocenters. The lowest BCUT2D eigenvalue weighted by atomic mass is 9.96. The summed E-state index contributed by atoms with van der Waals surface area (Å²) in [6, 6.07) is 7.59. The number of rotatable bonds is 4. The molecule has 0 aliphatic rings. The van der Waals surface area contributed by atoms with Gasteiger partial charge in [-0.25, -0.2) is 0 Å². The first-order valence-corrected chi connectivity index (χ1v) is 7.34. The van der Waals surface area contributed by atoms with E-state index in [-0.39, 0.29) is 30.3 Å². The van der Waals surface area contributed by atoms with Crippen molar-refractivity contribution in [3.8, 4) is 0 Å². The number of carbonyl (C=O) groups is 1. The molecule has 0 atom stereocenters. The summed E-state index contributed by atoms with van der Waals surface area (Å²) in [5.74, 6) is 0.496. The first-order chi connectivity index (χ1) is 10.9. The Bertz CT molecular complexity index is 829. The Kier molecular flexibility index (Phi) is 3.85. The van der Waals surface area contributed by atoms with Gasteiger partial charge in [0.05, 0.1) is 17.6 Å². The van der Waals surface area contributed by atoms with Crippen LogP contribution in [0.3, 0.4) is 0 Å². The smallest absolute Gasteiger partial charge is 0.312 e. The molecule has 0 saturated heterocycles. The summed E-state index contributed by atoms with van der Waals surface area (Å²) in [5.41, 5.74) is 1.34. The van der Waals surface area contributed by atoms with Crippen molar-refractivity contribution in [3.63, 3.8) is 0 Å². The van der Waals surface area contributed by atoms with Gasteiger partial charge >= 0.3 is 5.97 Å². The molecule has 0 spiro atoms. The van der Waals surface area contributed by atoms with Gasteiger partial charge in [0.2, 0.25) is 0 Å². The number of nitrogens with zero attached hydrogens (tertiary/aromatic N) is 3. The van der Waals surface area contributed by atoms with E-state index in [0.29, 0.717) is 5.82 Å². The number of ether oxygens (including phenoxy) is 1. The highest BCUT2D eigenvalue weighted by Gasteiger charge is 2.21.